The molecule has 1 heterocycles. The average Bonchev–Trinajstić information content (AvgIpc) is 2.65. The van der Waals surface area contributed by atoms with Crippen molar-refractivity contribution in [3.8, 4) is 5.75 Å². The van der Waals surface area contributed by atoms with E-state index in [4.69, 9.17) is 0 Å². The van der Waals surface area contributed by atoms with Gasteiger partial charge in [0.1, 0.15) is 5.75 Å². The van der Waals surface area contributed by atoms with E-state index in [1.165, 1.54) is 18.2 Å². The van der Waals surface area contributed by atoms with Crippen LogP contribution in [-0.2, 0) is 6.54 Å². The number of hydrogen-bond donors (Lipinski definition) is 2. The number of hydrogen-bond acceptors (Lipinski definition) is 5. The molecule has 0 fully saturated rings. The number of nitro groups is 1. The van der Waals surface area contributed by atoms with Crippen molar-refractivity contribution in [1.82, 2.24) is 4.98 Å². The molecule has 0 spiro atoms. The largest absolute Gasteiger partial charge is 0.508 e. The van der Waals surface area contributed by atoms with Crippen LogP contribution in [0.3, 0.4) is 0 Å². The third-order valence-corrected chi connectivity index (χ3v) is 4.30. The summed E-state index contributed by atoms with van der Waals surface area (Å²) in [5.41, 5.74) is 2.94. The molecular weight excluding hydrogens is 330 g/mol. The van der Waals surface area contributed by atoms with Gasteiger partial charge in [-0.2, -0.15) is 0 Å². The van der Waals surface area contributed by atoms with E-state index in [0.717, 1.165) is 27.5 Å². The highest BCUT2D eigenvalue weighted by Gasteiger charge is 2.15. The molecule has 1 aromatic heterocycles. The van der Waals surface area contributed by atoms with E-state index >= 15 is 0 Å². The lowest BCUT2D eigenvalue weighted by Gasteiger charge is -2.13. The third kappa shape index (κ3) is 2.77. The number of anilines is 1. The summed E-state index contributed by atoms with van der Waals surface area (Å²) in [4.78, 5) is 15.5. The van der Waals surface area contributed by atoms with Gasteiger partial charge in [0.25, 0.3) is 5.69 Å². The van der Waals surface area contributed by atoms with Gasteiger partial charge < -0.3 is 10.4 Å². The molecule has 3 aromatic carbocycles. The molecule has 0 bridgehead atoms. The van der Waals surface area contributed by atoms with Crippen molar-refractivity contribution in [3.05, 3.63) is 82.4 Å². The maximum atomic E-state index is 11.3. The van der Waals surface area contributed by atoms with Crippen LogP contribution in [0.25, 0.3) is 21.8 Å². The van der Waals surface area contributed by atoms with E-state index in [2.05, 4.69) is 10.3 Å². The zero-order valence-electron chi connectivity index (χ0n) is 13.7. The molecule has 0 atom stereocenters. The molecular formula is C20H15N3O3. The number of para-hydroxylation sites is 2. The summed E-state index contributed by atoms with van der Waals surface area (Å²) in [6, 6.07) is 19.6. The fourth-order valence-corrected chi connectivity index (χ4v) is 3.11. The number of rotatable bonds is 4. The first kappa shape index (κ1) is 15.8. The monoisotopic (exact) mass is 345 g/mol. The van der Waals surface area contributed by atoms with Gasteiger partial charge in [0.2, 0.25) is 0 Å². The Hall–Kier alpha value is -3.67. The molecule has 4 aromatic rings. The van der Waals surface area contributed by atoms with E-state index in [1.54, 1.807) is 0 Å². The Labute approximate surface area is 148 Å². The Kier molecular flexibility index (Phi) is 3.85. The third-order valence-electron chi connectivity index (χ3n) is 4.30. The Balaban J connectivity index is 1.82. The molecule has 0 amide bonds. The number of fused-ring (bicyclic) bond motifs is 2. The van der Waals surface area contributed by atoms with Crippen LogP contribution in [0.2, 0.25) is 0 Å². The molecule has 0 aliphatic heterocycles. The minimum atomic E-state index is -0.445. The number of pyridine rings is 1. The van der Waals surface area contributed by atoms with Crippen LogP contribution < -0.4 is 5.32 Å². The van der Waals surface area contributed by atoms with Crippen molar-refractivity contribution in [1.29, 1.82) is 0 Å². The van der Waals surface area contributed by atoms with E-state index in [0.29, 0.717) is 5.56 Å². The van der Waals surface area contributed by atoms with E-state index in [9.17, 15) is 15.2 Å². The van der Waals surface area contributed by atoms with Gasteiger partial charge in [-0.3, -0.25) is 10.1 Å². The molecule has 0 saturated carbocycles. The first-order chi connectivity index (χ1) is 12.6. The molecule has 4 rings (SSSR count). The summed E-state index contributed by atoms with van der Waals surface area (Å²) >= 11 is 0. The maximum absolute atomic E-state index is 11.3. The lowest BCUT2D eigenvalue weighted by molar-refractivity contribution is -0.385. The van der Waals surface area contributed by atoms with Crippen LogP contribution >= 0.6 is 0 Å². The normalized spacial score (nSPS) is 10.9. The quantitative estimate of drug-likeness (QED) is 0.320. The molecule has 0 aliphatic carbocycles. The lowest BCUT2D eigenvalue weighted by atomic mass is 10.1. The SMILES string of the molecule is O=[N+]([O-])c1ccc(O)cc1CNc1c2ccccc2nc2ccccc12. The molecule has 128 valence electrons. The van der Waals surface area contributed by atoms with Crippen molar-refractivity contribution in [2.45, 2.75) is 6.54 Å². The molecule has 6 nitrogen and oxygen atoms in total. The second-order valence-electron chi connectivity index (χ2n) is 5.94. The number of nitrogens with zero attached hydrogens (tertiary/aromatic N) is 2. The van der Waals surface area contributed by atoms with Gasteiger partial charge in [-0.05, 0) is 24.3 Å². The number of aromatic nitrogens is 1. The van der Waals surface area contributed by atoms with Gasteiger partial charge in [-0.25, -0.2) is 4.98 Å². The predicted octanol–water partition coefficient (Wildman–Crippen LogP) is 4.61. The fourth-order valence-electron chi connectivity index (χ4n) is 3.11. The van der Waals surface area contributed by atoms with Gasteiger partial charge >= 0.3 is 0 Å². The summed E-state index contributed by atoms with van der Waals surface area (Å²) in [6.07, 6.45) is 0. The van der Waals surface area contributed by atoms with Crippen molar-refractivity contribution in [3.63, 3.8) is 0 Å². The zero-order valence-corrected chi connectivity index (χ0v) is 13.7. The highest BCUT2D eigenvalue weighted by Crippen LogP contribution is 2.32. The Morgan fingerprint density at radius 3 is 2.19 bits per heavy atom. The smallest absolute Gasteiger partial charge is 0.274 e. The Morgan fingerprint density at radius 1 is 0.962 bits per heavy atom. The van der Waals surface area contributed by atoms with Gasteiger partial charge in [0, 0.05) is 23.4 Å². The average molecular weight is 345 g/mol. The standard InChI is InChI=1S/C20H15N3O3/c24-14-9-10-19(23(25)26)13(11-14)12-21-20-15-5-1-3-7-17(15)22-18-8-4-2-6-16(18)20/h1-11,24H,12H2,(H,21,22). The molecule has 6 heteroatoms. The lowest BCUT2D eigenvalue weighted by Crippen LogP contribution is -2.04. The first-order valence-electron chi connectivity index (χ1n) is 8.11. The number of phenolic OH excluding ortho intramolecular Hbond substituents is 1. The Bertz CT molecular complexity index is 1090. The second-order valence-corrected chi connectivity index (χ2v) is 5.94. The fraction of sp³-hybridized carbons (Fsp3) is 0.0500. The second kappa shape index (κ2) is 6.33. The minimum absolute atomic E-state index is 0.00292. The molecule has 2 N–H and O–H groups in total. The van der Waals surface area contributed by atoms with Crippen LogP contribution in [0, 0.1) is 10.1 Å². The summed E-state index contributed by atoms with van der Waals surface area (Å²) in [6.45, 7) is 0.211. The van der Waals surface area contributed by atoms with Crippen LogP contribution in [0.15, 0.2) is 66.7 Å². The number of nitrogens with one attached hydrogen (secondary N) is 1. The first-order valence-corrected chi connectivity index (χ1v) is 8.11. The number of nitro benzene ring substituents is 1. The summed E-state index contributed by atoms with van der Waals surface area (Å²) in [5.74, 6) is -0.00292. The van der Waals surface area contributed by atoms with Gasteiger partial charge in [0.05, 0.1) is 27.2 Å². The zero-order chi connectivity index (χ0) is 18.1. The van der Waals surface area contributed by atoms with Gasteiger partial charge in [0.15, 0.2) is 0 Å². The minimum Gasteiger partial charge on any atom is -0.508 e. The van der Waals surface area contributed by atoms with Crippen LogP contribution in [0.5, 0.6) is 5.75 Å². The van der Waals surface area contributed by atoms with Crippen LogP contribution in [-0.4, -0.2) is 15.0 Å². The van der Waals surface area contributed by atoms with Crippen molar-refractivity contribution in [2.75, 3.05) is 5.32 Å². The highest BCUT2D eigenvalue weighted by molar-refractivity contribution is 6.07. The van der Waals surface area contributed by atoms with Gasteiger partial charge in [-0.15, -0.1) is 0 Å². The molecule has 26 heavy (non-hydrogen) atoms. The summed E-state index contributed by atoms with van der Waals surface area (Å²) < 4.78 is 0. The van der Waals surface area contributed by atoms with Crippen molar-refractivity contribution < 1.29 is 10.0 Å². The molecule has 0 unspecified atom stereocenters. The van der Waals surface area contributed by atoms with Crippen LogP contribution in [0.1, 0.15) is 5.56 Å². The summed E-state index contributed by atoms with van der Waals surface area (Å²) in [5, 5.41) is 26.1. The maximum Gasteiger partial charge on any atom is 0.274 e. The molecule has 0 aliphatic rings. The van der Waals surface area contributed by atoms with E-state index < -0.39 is 4.92 Å². The summed E-state index contributed by atoms with van der Waals surface area (Å²) in [7, 11) is 0. The predicted molar refractivity (Wildman–Crippen MR) is 101 cm³/mol. The highest BCUT2D eigenvalue weighted by atomic mass is 16.6. The number of aromatic hydroxyl groups is 1. The topological polar surface area (TPSA) is 88.3 Å². The van der Waals surface area contributed by atoms with E-state index in [-0.39, 0.29) is 18.0 Å². The van der Waals surface area contributed by atoms with Gasteiger partial charge in [-0.1, -0.05) is 36.4 Å². The van der Waals surface area contributed by atoms with Crippen LogP contribution in [0.4, 0.5) is 11.4 Å². The number of benzene rings is 3. The van der Waals surface area contributed by atoms with Crippen molar-refractivity contribution >= 4 is 33.2 Å². The van der Waals surface area contributed by atoms with Crippen molar-refractivity contribution in [2.24, 2.45) is 0 Å². The number of phenols is 1. The molecule has 0 radical (unpaired) electrons. The Morgan fingerprint density at radius 2 is 1.58 bits per heavy atom. The van der Waals surface area contributed by atoms with E-state index in [1.807, 2.05) is 48.5 Å². The molecule has 0 saturated heterocycles.